The van der Waals surface area contributed by atoms with Gasteiger partial charge in [0.15, 0.2) is 0 Å². The molecule has 0 spiro atoms. The third kappa shape index (κ3) is 4.33. The Kier molecular flexibility index (Phi) is 5.54. The number of alkyl halides is 3. The Hall–Kier alpha value is -3.55. The SMILES string of the molecule is COc1ccccc1N1CCCc2ncc(C(=O)Nc3cccc(C(F)(F)F)c3)cc21. The van der Waals surface area contributed by atoms with Gasteiger partial charge in [0.1, 0.15) is 5.75 Å². The first-order chi connectivity index (χ1) is 14.9. The van der Waals surface area contributed by atoms with E-state index in [1.54, 1.807) is 13.2 Å². The van der Waals surface area contributed by atoms with E-state index in [9.17, 15) is 18.0 Å². The second kappa shape index (κ2) is 8.29. The van der Waals surface area contributed by atoms with Crippen LogP contribution in [0.3, 0.4) is 0 Å². The molecule has 31 heavy (non-hydrogen) atoms. The minimum absolute atomic E-state index is 0.0686. The Bertz CT molecular complexity index is 1120. The monoisotopic (exact) mass is 427 g/mol. The van der Waals surface area contributed by atoms with Gasteiger partial charge in [0.05, 0.1) is 35.3 Å². The molecule has 0 aliphatic carbocycles. The molecule has 0 saturated heterocycles. The number of carbonyl (C=O) groups is 1. The molecule has 160 valence electrons. The number of aromatic nitrogens is 1. The van der Waals surface area contributed by atoms with Gasteiger partial charge in [-0.1, -0.05) is 18.2 Å². The summed E-state index contributed by atoms with van der Waals surface area (Å²) in [6.07, 6.45) is -1.36. The van der Waals surface area contributed by atoms with Crippen molar-refractivity contribution in [2.45, 2.75) is 19.0 Å². The number of nitrogens with one attached hydrogen (secondary N) is 1. The molecule has 0 fully saturated rings. The van der Waals surface area contributed by atoms with E-state index < -0.39 is 17.6 Å². The predicted molar refractivity (Wildman–Crippen MR) is 112 cm³/mol. The molecular formula is C23H20F3N3O2. The lowest BCUT2D eigenvalue weighted by Crippen LogP contribution is -2.26. The number of amides is 1. The molecule has 1 aliphatic rings. The maximum Gasteiger partial charge on any atom is 0.416 e. The maximum absolute atomic E-state index is 12.9. The smallest absolute Gasteiger partial charge is 0.416 e. The minimum Gasteiger partial charge on any atom is -0.495 e. The van der Waals surface area contributed by atoms with Crippen molar-refractivity contribution in [3.8, 4) is 5.75 Å². The Morgan fingerprint density at radius 2 is 1.90 bits per heavy atom. The van der Waals surface area contributed by atoms with Gasteiger partial charge in [0.2, 0.25) is 0 Å². The second-order valence-electron chi connectivity index (χ2n) is 7.15. The van der Waals surface area contributed by atoms with E-state index in [4.69, 9.17) is 4.74 Å². The molecule has 5 nitrogen and oxygen atoms in total. The van der Waals surface area contributed by atoms with Crippen LogP contribution in [-0.2, 0) is 12.6 Å². The summed E-state index contributed by atoms with van der Waals surface area (Å²) in [4.78, 5) is 19.2. The summed E-state index contributed by atoms with van der Waals surface area (Å²) >= 11 is 0. The largest absolute Gasteiger partial charge is 0.495 e. The predicted octanol–water partition coefficient (Wildman–Crippen LogP) is 5.45. The van der Waals surface area contributed by atoms with Crippen molar-refractivity contribution >= 4 is 23.0 Å². The number of para-hydroxylation sites is 2. The van der Waals surface area contributed by atoms with Gasteiger partial charge in [-0.15, -0.1) is 0 Å². The van der Waals surface area contributed by atoms with Crippen LogP contribution in [0.1, 0.15) is 28.0 Å². The fourth-order valence-electron chi connectivity index (χ4n) is 3.64. The van der Waals surface area contributed by atoms with Gasteiger partial charge in [0.25, 0.3) is 5.91 Å². The highest BCUT2D eigenvalue weighted by Crippen LogP contribution is 2.38. The summed E-state index contributed by atoms with van der Waals surface area (Å²) < 4.78 is 44.3. The number of hydrogen-bond donors (Lipinski definition) is 1. The lowest BCUT2D eigenvalue weighted by molar-refractivity contribution is -0.137. The molecule has 3 aromatic rings. The number of nitrogens with zero attached hydrogens (tertiary/aromatic N) is 2. The molecular weight excluding hydrogens is 407 g/mol. The van der Waals surface area contributed by atoms with Crippen LogP contribution in [0, 0.1) is 0 Å². The van der Waals surface area contributed by atoms with Gasteiger partial charge in [0, 0.05) is 18.4 Å². The average Bonchev–Trinajstić information content (AvgIpc) is 2.78. The quantitative estimate of drug-likeness (QED) is 0.602. The summed E-state index contributed by atoms with van der Waals surface area (Å²) in [6.45, 7) is 0.730. The number of benzene rings is 2. The zero-order chi connectivity index (χ0) is 22.0. The first-order valence-electron chi connectivity index (χ1n) is 9.75. The number of hydrogen-bond acceptors (Lipinski definition) is 4. The molecule has 1 aliphatic heterocycles. The van der Waals surface area contributed by atoms with E-state index in [1.807, 2.05) is 29.2 Å². The Morgan fingerprint density at radius 3 is 2.68 bits per heavy atom. The summed E-state index contributed by atoms with van der Waals surface area (Å²) in [5.41, 5.74) is 2.01. The molecule has 0 bridgehead atoms. The number of rotatable bonds is 4. The van der Waals surface area contributed by atoms with Gasteiger partial charge in [-0.3, -0.25) is 9.78 Å². The zero-order valence-electron chi connectivity index (χ0n) is 16.7. The number of methoxy groups -OCH3 is 1. The van der Waals surface area contributed by atoms with Crippen molar-refractivity contribution in [2.24, 2.45) is 0 Å². The molecule has 2 aromatic carbocycles. The van der Waals surface area contributed by atoms with Crippen LogP contribution in [0.2, 0.25) is 0 Å². The Balaban J connectivity index is 1.64. The number of ether oxygens (including phenoxy) is 1. The van der Waals surface area contributed by atoms with Crippen LogP contribution < -0.4 is 15.0 Å². The molecule has 1 N–H and O–H groups in total. The number of anilines is 3. The molecule has 0 atom stereocenters. The second-order valence-corrected chi connectivity index (χ2v) is 7.15. The number of halogens is 3. The number of aryl methyl sites for hydroxylation is 1. The third-order valence-electron chi connectivity index (χ3n) is 5.12. The molecule has 0 radical (unpaired) electrons. The van der Waals surface area contributed by atoms with Gasteiger partial charge >= 0.3 is 6.18 Å². The molecule has 8 heteroatoms. The minimum atomic E-state index is -4.48. The van der Waals surface area contributed by atoms with Crippen molar-refractivity contribution < 1.29 is 22.7 Å². The van der Waals surface area contributed by atoms with Crippen LogP contribution in [0.15, 0.2) is 60.8 Å². The van der Waals surface area contributed by atoms with Crippen molar-refractivity contribution in [3.05, 3.63) is 77.6 Å². The highest BCUT2D eigenvalue weighted by molar-refractivity contribution is 6.04. The van der Waals surface area contributed by atoms with Gasteiger partial charge in [-0.05, 0) is 49.2 Å². The normalized spacial score (nSPS) is 13.5. The Morgan fingerprint density at radius 1 is 1.10 bits per heavy atom. The summed E-state index contributed by atoms with van der Waals surface area (Å²) in [5.74, 6) is 0.175. The van der Waals surface area contributed by atoms with E-state index in [0.29, 0.717) is 5.75 Å². The lowest BCUT2D eigenvalue weighted by Gasteiger charge is -2.32. The van der Waals surface area contributed by atoms with Crippen LogP contribution in [0.5, 0.6) is 5.75 Å². The fraction of sp³-hybridized carbons (Fsp3) is 0.217. The van der Waals surface area contributed by atoms with Crippen LogP contribution in [0.25, 0.3) is 0 Å². The lowest BCUT2D eigenvalue weighted by atomic mass is 10.0. The van der Waals surface area contributed by atoms with E-state index in [1.165, 1.54) is 18.3 Å². The van der Waals surface area contributed by atoms with Crippen molar-refractivity contribution in [2.75, 3.05) is 23.9 Å². The average molecular weight is 427 g/mol. The Labute approximate surface area is 177 Å². The van der Waals surface area contributed by atoms with Crippen LogP contribution in [-0.4, -0.2) is 24.5 Å². The first kappa shape index (κ1) is 20.7. The molecule has 1 amide bonds. The fourth-order valence-corrected chi connectivity index (χ4v) is 3.64. The highest BCUT2D eigenvalue weighted by Gasteiger charge is 2.30. The number of fused-ring (bicyclic) bond motifs is 1. The standard InChI is InChI=1S/C23H20F3N3O2/c1-31-21-10-3-2-9-19(21)29-11-5-8-18-20(29)12-15(14-27-18)22(30)28-17-7-4-6-16(13-17)23(24,25)26/h2-4,6-7,9-10,12-14H,5,8,11H2,1H3,(H,28,30). The van der Waals surface area contributed by atoms with Gasteiger partial charge in [-0.25, -0.2) is 0 Å². The van der Waals surface area contributed by atoms with E-state index >= 15 is 0 Å². The van der Waals surface area contributed by atoms with Crippen molar-refractivity contribution in [1.29, 1.82) is 0 Å². The summed E-state index contributed by atoms with van der Waals surface area (Å²) in [6, 6.07) is 13.8. The zero-order valence-corrected chi connectivity index (χ0v) is 16.7. The van der Waals surface area contributed by atoms with Crippen LogP contribution >= 0.6 is 0 Å². The van der Waals surface area contributed by atoms with Crippen molar-refractivity contribution in [3.63, 3.8) is 0 Å². The topological polar surface area (TPSA) is 54.5 Å². The molecule has 4 rings (SSSR count). The number of carbonyl (C=O) groups excluding carboxylic acids is 1. The van der Waals surface area contributed by atoms with Crippen LogP contribution in [0.4, 0.5) is 30.2 Å². The first-order valence-corrected chi connectivity index (χ1v) is 9.75. The molecule has 0 saturated carbocycles. The molecule has 0 unspecified atom stereocenters. The molecule has 2 heterocycles. The van der Waals surface area contributed by atoms with Crippen molar-refractivity contribution in [1.82, 2.24) is 4.98 Å². The third-order valence-corrected chi connectivity index (χ3v) is 5.12. The van der Waals surface area contributed by atoms with E-state index in [-0.39, 0.29) is 11.3 Å². The highest BCUT2D eigenvalue weighted by atomic mass is 19.4. The summed E-state index contributed by atoms with van der Waals surface area (Å²) in [5, 5.41) is 2.53. The van der Waals surface area contributed by atoms with Gasteiger partial charge < -0.3 is 15.0 Å². The van der Waals surface area contributed by atoms with Gasteiger partial charge in [-0.2, -0.15) is 13.2 Å². The van der Waals surface area contributed by atoms with E-state index in [2.05, 4.69) is 10.3 Å². The summed E-state index contributed by atoms with van der Waals surface area (Å²) in [7, 11) is 1.60. The number of pyridine rings is 1. The van der Waals surface area contributed by atoms with E-state index in [0.717, 1.165) is 48.6 Å². The maximum atomic E-state index is 12.9. The molecule has 1 aromatic heterocycles.